The van der Waals surface area contributed by atoms with Gasteiger partial charge in [-0.05, 0) is 42.6 Å². The molecule has 1 heterocycles. The number of phenolic OH excluding ortho intramolecular Hbond substituents is 1. The summed E-state index contributed by atoms with van der Waals surface area (Å²) in [5.74, 6) is -0.812. The molecule has 0 unspecified atom stereocenters. The van der Waals surface area contributed by atoms with Crippen molar-refractivity contribution in [2.24, 2.45) is 10.2 Å². The highest BCUT2D eigenvalue weighted by atomic mass is 16.3. The molecule has 1 amide bonds. The molecule has 8 nitrogen and oxygen atoms in total. The lowest BCUT2D eigenvalue weighted by molar-refractivity contribution is 0.101. The number of nitrogens with one attached hydrogen (secondary N) is 1. The highest BCUT2D eigenvalue weighted by molar-refractivity contribution is 6.11. The number of benzene rings is 4. The molecule has 5 aromatic rings. The highest BCUT2D eigenvalue weighted by Crippen LogP contribution is 2.40. The Hall–Kier alpha value is -5.11. The van der Waals surface area contributed by atoms with Crippen LogP contribution in [-0.2, 0) is 0 Å². The number of carbonyl (C=O) groups excluding carboxylic acids is 2. The van der Waals surface area contributed by atoms with Gasteiger partial charge in [0.05, 0.1) is 23.0 Å². The first kappa shape index (κ1) is 22.7. The lowest BCUT2D eigenvalue weighted by atomic mass is 10.0. The number of nitrogens with zero attached hydrogens (tertiary/aromatic N) is 4. The molecule has 8 heteroatoms. The second-order valence-corrected chi connectivity index (χ2v) is 8.05. The molecular formula is C28H21N5O3. The Balaban J connectivity index is 1.63. The molecule has 176 valence electrons. The molecule has 0 aliphatic heterocycles. The summed E-state index contributed by atoms with van der Waals surface area (Å²) in [7, 11) is 0. The molecule has 0 radical (unpaired) electrons. The molecule has 0 bridgehead atoms. The van der Waals surface area contributed by atoms with E-state index in [1.807, 2.05) is 48.5 Å². The molecule has 0 saturated carbocycles. The molecule has 1 aromatic heterocycles. The van der Waals surface area contributed by atoms with Crippen molar-refractivity contribution in [2.45, 2.75) is 6.92 Å². The summed E-state index contributed by atoms with van der Waals surface area (Å²) < 4.78 is 1.51. The molecule has 4 aromatic carbocycles. The van der Waals surface area contributed by atoms with Crippen LogP contribution in [-0.4, -0.2) is 26.6 Å². The van der Waals surface area contributed by atoms with E-state index in [1.54, 1.807) is 42.5 Å². The van der Waals surface area contributed by atoms with Crippen molar-refractivity contribution >= 4 is 39.7 Å². The molecular weight excluding hydrogens is 454 g/mol. The van der Waals surface area contributed by atoms with Crippen molar-refractivity contribution in [3.63, 3.8) is 0 Å². The zero-order valence-corrected chi connectivity index (χ0v) is 19.3. The van der Waals surface area contributed by atoms with Gasteiger partial charge in [0, 0.05) is 11.1 Å². The maximum absolute atomic E-state index is 13.0. The molecule has 0 atom stereocenters. The van der Waals surface area contributed by atoms with Gasteiger partial charge in [0.2, 0.25) is 0 Å². The van der Waals surface area contributed by atoms with Gasteiger partial charge in [-0.2, -0.15) is 5.10 Å². The Morgan fingerprint density at radius 3 is 2.25 bits per heavy atom. The van der Waals surface area contributed by atoms with E-state index < -0.39 is 5.91 Å². The molecule has 0 fully saturated rings. The van der Waals surface area contributed by atoms with E-state index in [0.29, 0.717) is 22.1 Å². The van der Waals surface area contributed by atoms with Crippen LogP contribution in [0, 0.1) is 0 Å². The van der Waals surface area contributed by atoms with Gasteiger partial charge in [-0.1, -0.05) is 60.7 Å². The molecule has 0 aliphatic carbocycles. The number of rotatable bonds is 6. The quantitative estimate of drug-likeness (QED) is 0.213. The van der Waals surface area contributed by atoms with E-state index >= 15 is 0 Å². The first-order valence-corrected chi connectivity index (χ1v) is 11.2. The summed E-state index contributed by atoms with van der Waals surface area (Å²) in [4.78, 5) is 25.3. The van der Waals surface area contributed by atoms with E-state index in [0.717, 1.165) is 0 Å². The molecule has 2 N–H and O–H groups in total. The predicted molar refractivity (Wildman–Crippen MR) is 138 cm³/mol. The highest BCUT2D eigenvalue weighted by Gasteiger charge is 2.20. The van der Waals surface area contributed by atoms with Crippen molar-refractivity contribution in [1.82, 2.24) is 9.78 Å². The lowest BCUT2D eigenvalue weighted by Crippen LogP contribution is -2.12. The molecule has 0 aliphatic rings. The number of anilines is 1. The predicted octanol–water partition coefficient (Wildman–Crippen LogP) is 6.60. The number of fused-ring (bicyclic) bond motifs is 1. The fourth-order valence-electron chi connectivity index (χ4n) is 3.85. The average Bonchev–Trinajstić information content (AvgIpc) is 3.33. The topological polar surface area (TPSA) is 109 Å². The Morgan fingerprint density at radius 2 is 1.53 bits per heavy atom. The number of aromatic hydroxyl groups is 1. The van der Waals surface area contributed by atoms with Gasteiger partial charge in [0.25, 0.3) is 5.91 Å². The van der Waals surface area contributed by atoms with Crippen LogP contribution in [0.5, 0.6) is 5.75 Å². The summed E-state index contributed by atoms with van der Waals surface area (Å²) >= 11 is 0. The second-order valence-electron chi connectivity index (χ2n) is 8.05. The van der Waals surface area contributed by atoms with Crippen LogP contribution < -0.4 is 5.32 Å². The zero-order valence-electron chi connectivity index (χ0n) is 19.3. The first-order valence-electron chi connectivity index (χ1n) is 11.2. The van der Waals surface area contributed by atoms with E-state index in [4.69, 9.17) is 0 Å². The van der Waals surface area contributed by atoms with Crippen molar-refractivity contribution < 1.29 is 14.7 Å². The third kappa shape index (κ3) is 4.35. The first-order chi connectivity index (χ1) is 17.5. The van der Waals surface area contributed by atoms with Crippen LogP contribution in [0.1, 0.15) is 27.6 Å². The normalized spacial score (nSPS) is 11.1. The number of ketones is 1. The summed E-state index contributed by atoms with van der Waals surface area (Å²) in [6.07, 6.45) is 1.44. The van der Waals surface area contributed by atoms with Gasteiger partial charge in [-0.25, -0.2) is 4.68 Å². The number of Topliss-reactive ketones (excluding diaryl/α,β-unsaturated/α-hetero) is 1. The maximum Gasteiger partial charge on any atom is 0.259 e. The van der Waals surface area contributed by atoms with Gasteiger partial charge in [-0.3, -0.25) is 9.59 Å². The van der Waals surface area contributed by atoms with Crippen LogP contribution >= 0.6 is 0 Å². The number of amides is 1. The third-order valence-electron chi connectivity index (χ3n) is 5.64. The monoisotopic (exact) mass is 475 g/mol. The number of carbonyl (C=O) groups is 2. The fraction of sp³-hybridized carbons (Fsp3) is 0.0357. The number of phenols is 1. The Bertz CT molecular complexity index is 1610. The van der Waals surface area contributed by atoms with Crippen LogP contribution in [0.2, 0.25) is 0 Å². The number of hydrogen-bond acceptors (Lipinski definition) is 6. The van der Waals surface area contributed by atoms with Crippen LogP contribution in [0.3, 0.4) is 0 Å². The average molecular weight is 476 g/mol. The zero-order chi connectivity index (χ0) is 25.1. The van der Waals surface area contributed by atoms with Crippen LogP contribution in [0.25, 0.3) is 16.5 Å². The Labute approximate surface area is 206 Å². The lowest BCUT2D eigenvalue weighted by Gasteiger charge is -2.11. The second kappa shape index (κ2) is 9.63. The van der Waals surface area contributed by atoms with Crippen LogP contribution in [0.4, 0.5) is 17.2 Å². The standard InChI is InChI=1S/C28H21N5O3/c1-18(34)24-17-29-33(21-13-6-3-7-14-21)27(24)32-31-25-22-15-9-8-10-19(22)16-23(26(25)35)28(36)30-20-11-4-2-5-12-20/h2-17,35H,1H3,(H,30,36). The summed E-state index contributed by atoms with van der Waals surface area (Å²) in [6, 6.07) is 27.0. The number of hydrogen-bond donors (Lipinski definition) is 2. The van der Waals surface area contributed by atoms with E-state index in [-0.39, 0.29) is 34.2 Å². The van der Waals surface area contributed by atoms with Gasteiger partial charge in [0.15, 0.2) is 17.4 Å². The number of aromatic nitrogens is 2. The van der Waals surface area contributed by atoms with E-state index in [9.17, 15) is 14.7 Å². The largest absolute Gasteiger partial charge is 0.505 e. The summed E-state index contributed by atoms with van der Waals surface area (Å²) in [6.45, 7) is 1.42. The minimum Gasteiger partial charge on any atom is -0.505 e. The van der Waals surface area contributed by atoms with Crippen molar-refractivity contribution in [2.75, 3.05) is 5.32 Å². The smallest absolute Gasteiger partial charge is 0.259 e. The van der Waals surface area contributed by atoms with Gasteiger partial charge in [0.1, 0.15) is 5.69 Å². The SMILES string of the molecule is CC(=O)c1cnn(-c2ccccc2)c1N=Nc1c(O)c(C(=O)Nc2ccccc2)cc2ccccc12. The molecule has 0 saturated heterocycles. The minimum atomic E-state index is -0.486. The Morgan fingerprint density at radius 1 is 0.861 bits per heavy atom. The molecule has 5 rings (SSSR count). The number of azo groups is 1. The summed E-state index contributed by atoms with van der Waals surface area (Å²) in [5.41, 5.74) is 1.74. The fourth-order valence-corrected chi connectivity index (χ4v) is 3.85. The van der Waals surface area contributed by atoms with Crippen LogP contribution in [0.15, 0.2) is 107 Å². The van der Waals surface area contributed by atoms with Crippen molar-refractivity contribution in [3.05, 3.63) is 108 Å². The molecule has 0 spiro atoms. The van der Waals surface area contributed by atoms with Gasteiger partial charge in [-0.15, -0.1) is 10.2 Å². The third-order valence-corrected chi connectivity index (χ3v) is 5.64. The van der Waals surface area contributed by atoms with E-state index in [2.05, 4.69) is 20.6 Å². The summed E-state index contributed by atoms with van der Waals surface area (Å²) in [5, 5.41) is 28.2. The minimum absolute atomic E-state index is 0.0508. The maximum atomic E-state index is 13.0. The van der Waals surface area contributed by atoms with Gasteiger partial charge < -0.3 is 10.4 Å². The van der Waals surface area contributed by atoms with Gasteiger partial charge >= 0.3 is 0 Å². The Kier molecular flexibility index (Phi) is 6.07. The molecule has 36 heavy (non-hydrogen) atoms. The van der Waals surface area contributed by atoms with Crippen molar-refractivity contribution in [3.8, 4) is 11.4 Å². The number of para-hydroxylation sites is 2. The van der Waals surface area contributed by atoms with Crippen molar-refractivity contribution in [1.29, 1.82) is 0 Å². The van der Waals surface area contributed by atoms with E-state index in [1.165, 1.54) is 17.8 Å².